The molecule has 0 atom stereocenters. The number of hydrogen-bond donors (Lipinski definition) is 0. The van der Waals surface area contributed by atoms with Gasteiger partial charge in [-0.25, -0.2) is 0 Å². The predicted molar refractivity (Wildman–Crippen MR) is 86.2 cm³/mol. The number of carbonyl (C=O) groups is 1. The Bertz CT molecular complexity index is 616. The molecule has 0 aromatic carbocycles. The Morgan fingerprint density at radius 1 is 1.33 bits per heavy atom. The van der Waals surface area contributed by atoms with Gasteiger partial charge in [-0.2, -0.15) is 5.10 Å². The molecule has 1 aliphatic carbocycles. The lowest BCUT2D eigenvalue weighted by molar-refractivity contribution is 0.0995. The van der Waals surface area contributed by atoms with Crippen LogP contribution in [-0.4, -0.2) is 15.6 Å². The normalized spacial score (nSPS) is 15.0. The summed E-state index contributed by atoms with van der Waals surface area (Å²) < 4.78 is 1.91. The summed E-state index contributed by atoms with van der Waals surface area (Å²) in [5, 5.41) is 4.47. The summed E-state index contributed by atoms with van der Waals surface area (Å²) in [6.45, 7) is 4.18. The maximum Gasteiger partial charge on any atom is 0.178 e. The Labute approximate surface area is 130 Å². The number of Topliss-reactive ketones (excluding diaryl/α,β-unsaturated/α-hetero) is 1. The van der Waals surface area contributed by atoms with Crippen molar-refractivity contribution < 1.29 is 4.79 Å². The topological polar surface area (TPSA) is 34.9 Å². The summed E-state index contributed by atoms with van der Waals surface area (Å²) >= 11 is 1.70. The van der Waals surface area contributed by atoms with Crippen molar-refractivity contribution in [2.45, 2.75) is 58.4 Å². The van der Waals surface area contributed by atoms with Gasteiger partial charge < -0.3 is 0 Å². The van der Waals surface area contributed by atoms with Gasteiger partial charge >= 0.3 is 0 Å². The molecular weight excluding hydrogens is 280 g/mol. The molecule has 0 amide bonds. The van der Waals surface area contributed by atoms with Crippen molar-refractivity contribution in [2.24, 2.45) is 0 Å². The lowest BCUT2D eigenvalue weighted by atomic mass is 10.1. The number of aromatic nitrogens is 2. The number of fused-ring (bicyclic) bond motifs is 1. The first-order valence-electron chi connectivity index (χ1n) is 7.82. The molecule has 2 aromatic rings. The van der Waals surface area contributed by atoms with Gasteiger partial charge in [0.1, 0.15) is 0 Å². The molecule has 1 aliphatic rings. The molecule has 0 saturated carbocycles. The second-order valence-corrected chi connectivity index (χ2v) is 7.24. The second-order valence-electron chi connectivity index (χ2n) is 6.10. The van der Waals surface area contributed by atoms with Gasteiger partial charge in [0.25, 0.3) is 0 Å². The first kappa shape index (κ1) is 14.5. The molecular formula is C17H22N2OS. The van der Waals surface area contributed by atoms with Gasteiger partial charge in [-0.05, 0) is 57.2 Å². The Kier molecular flexibility index (Phi) is 4.24. The van der Waals surface area contributed by atoms with Crippen LogP contribution in [0.2, 0.25) is 0 Å². The molecule has 4 heteroatoms. The first-order valence-corrected chi connectivity index (χ1v) is 8.64. The lowest BCUT2D eigenvalue weighted by Gasteiger charge is -2.03. The molecule has 0 saturated heterocycles. The van der Waals surface area contributed by atoms with Crippen LogP contribution in [-0.2, 0) is 19.3 Å². The summed E-state index contributed by atoms with van der Waals surface area (Å²) in [7, 11) is 0. The van der Waals surface area contributed by atoms with Gasteiger partial charge in [-0.15, -0.1) is 11.3 Å². The highest BCUT2D eigenvalue weighted by molar-refractivity contribution is 7.14. The summed E-state index contributed by atoms with van der Waals surface area (Å²) in [6, 6.07) is 4.43. The highest BCUT2D eigenvalue weighted by Crippen LogP contribution is 2.29. The summed E-state index contributed by atoms with van der Waals surface area (Å²) in [5.74, 6) is 0.210. The molecule has 0 fully saturated rings. The zero-order valence-electron chi connectivity index (χ0n) is 12.8. The van der Waals surface area contributed by atoms with Gasteiger partial charge in [0, 0.05) is 17.1 Å². The number of aryl methyl sites for hydroxylation is 2. The van der Waals surface area contributed by atoms with Crippen LogP contribution >= 0.6 is 11.3 Å². The van der Waals surface area contributed by atoms with Crippen molar-refractivity contribution in [2.75, 3.05) is 0 Å². The van der Waals surface area contributed by atoms with Gasteiger partial charge in [-0.1, -0.05) is 6.42 Å². The fourth-order valence-corrected chi connectivity index (χ4v) is 4.01. The van der Waals surface area contributed by atoms with Gasteiger partial charge in [0.05, 0.1) is 17.0 Å². The largest absolute Gasteiger partial charge is 0.293 e. The van der Waals surface area contributed by atoms with Gasteiger partial charge in [0.2, 0.25) is 0 Å². The fraction of sp³-hybridized carbons (Fsp3) is 0.529. The smallest absolute Gasteiger partial charge is 0.178 e. The summed E-state index contributed by atoms with van der Waals surface area (Å²) in [5.41, 5.74) is 2.28. The van der Waals surface area contributed by atoms with Crippen molar-refractivity contribution in [3.05, 3.63) is 39.3 Å². The van der Waals surface area contributed by atoms with E-state index < -0.39 is 0 Å². The molecule has 112 valence electrons. The second kappa shape index (κ2) is 6.14. The minimum absolute atomic E-state index is 0.210. The average molecular weight is 302 g/mol. The summed E-state index contributed by atoms with van der Waals surface area (Å²) in [6.07, 6.45) is 8.50. The number of rotatable bonds is 4. The number of hydrogen-bond acceptors (Lipinski definition) is 3. The van der Waals surface area contributed by atoms with E-state index in [0.717, 1.165) is 23.4 Å². The number of thiophene rings is 1. The van der Waals surface area contributed by atoms with Crippen LogP contribution < -0.4 is 0 Å². The van der Waals surface area contributed by atoms with E-state index in [-0.39, 0.29) is 5.78 Å². The van der Waals surface area contributed by atoms with E-state index in [4.69, 9.17) is 0 Å². The third kappa shape index (κ3) is 3.26. The fourth-order valence-electron chi connectivity index (χ4n) is 2.82. The number of carbonyl (C=O) groups excluding carboxylic acids is 1. The molecule has 2 aromatic heterocycles. The monoisotopic (exact) mass is 302 g/mol. The van der Waals surface area contributed by atoms with E-state index in [1.54, 1.807) is 11.3 Å². The van der Waals surface area contributed by atoms with E-state index >= 15 is 0 Å². The van der Waals surface area contributed by atoms with Crippen LogP contribution in [0.4, 0.5) is 0 Å². The van der Waals surface area contributed by atoms with Crippen LogP contribution in [0.25, 0.3) is 0 Å². The van der Waals surface area contributed by atoms with Gasteiger partial charge in [-0.3, -0.25) is 9.48 Å². The molecule has 0 aliphatic heterocycles. The zero-order valence-corrected chi connectivity index (χ0v) is 13.6. The Morgan fingerprint density at radius 3 is 2.90 bits per heavy atom. The van der Waals surface area contributed by atoms with E-state index in [9.17, 15) is 4.79 Å². The standard InChI is InChI=1S/C17H22N2OS/c1-12(2)19-9-8-14(18-19)11-15(20)17-10-13-6-4-3-5-7-16(13)21-17/h8-10,12H,3-7,11H2,1-2H3. The van der Waals surface area contributed by atoms with E-state index in [0.29, 0.717) is 12.5 Å². The Hall–Kier alpha value is -1.42. The van der Waals surface area contributed by atoms with Crippen LogP contribution in [0, 0.1) is 0 Å². The molecule has 3 nitrogen and oxygen atoms in total. The van der Waals surface area contributed by atoms with E-state index in [1.807, 2.05) is 16.9 Å². The lowest BCUT2D eigenvalue weighted by Crippen LogP contribution is -2.05. The van der Waals surface area contributed by atoms with Crippen molar-refractivity contribution in [1.82, 2.24) is 9.78 Å². The maximum atomic E-state index is 12.5. The van der Waals surface area contributed by atoms with Crippen molar-refractivity contribution in [1.29, 1.82) is 0 Å². The number of nitrogens with zero attached hydrogens (tertiary/aromatic N) is 2. The van der Waals surface area contributed by atoms with Crippen molar-refractivity contribution in [3.8, 4) is 0 Å². The molecule has 2 heterocycles. The van der Waals surface area contributed by atoms with Crippen molar-refractivity contribution in [3.63, 3.8) is 0 Å². The van der Waals surface area contributed by atoms with Crippen LogP contribution in [0.1, 0.15) is 65.0 Å². The van der Waals surface area contributed by atoms with Gasteiger partial charge in [0.15, 0.2) is 5.78 Å². The maximum absolute atomic E-state index is 12.5. The third-order valence-corrected chi connectivity index (χ3v) is 5.33. The van der Waals surface area contributed by atoms with E-state index in [2.05, 4.69) is 25.0 Å². The van der Waals surface area contributed by atoms with Crippen LogP contribution in [0.5, 0.6) is 0 Å². The van der Waals surface area contributed by atoms with Crippen LogP contribution in [0.15, 0.2) is 18.3 Å². The SMILES string of the molecule is CC(C)n1ccc(CC(=O)c2cc3c(s2)CCCCC3)n1. The Morgan fingerprint density at radius 2 is 2.14 bits per heavy atom. The summed E-state index contributed by atoms with van der Waals surface area (Å²) in [4.78, 5) is 14.8. The number of ketones is 1. The zero-order chi connectivity index (χ0) is 14.8. The van der Waals surface area contributed by atoms with E-state index in [1.165, 1.54) is 29.7 Å². The minimum Gasteiger partial charge on any atom is -0.293 e. The quantitative estimate of drug-likeness (QED) is 0.626. The highest BCUT2D eigenvalue weighted by atomic mass is 32.1. The molecule has 3 rings (SSSR count). The predicted octanol–water partition coefficient (Wildman–Crippen LogP) is 4.22. The molecule has 0 bridgehead atoms. The Balaban J connectivity index is 1.73. The molecule has 0 N–H and O–H groups in total. The van der Waals surface area contributed by atoms with Crippen molar-refractivity contribution >= 4 is 17.1 Å². The third-order valence-electron chi connectivity index (χ3n) is 4.06. The first-order chi connectivity index (χ1) is 10.1. The van der Waals surface area contributed by atoms with Crippen LogP contribution in [0.3, 0.4) is 0 Å². The molecule has 21 heavy (non-hydrogen) atoms. The molecule has 0 radical (unpaired) electrons. The molecule has 0 unspecified atom stereocenters. The highest BCUT2D eigenvalue weighted by Gasteiger charge is 2.17. The average Bonchev–Trinajstić information content (AvgIpc) is 3.01. The molecule has 0 spiro atoms. The minimum atomic E-state index is 0.210.